The van der Waals surface area contributed by atoms with E-state index in [-0.39, 0.29) is 17.9 Å². The topological polar surface area (TPSA) is 12.5 Å². The Morgan fingerprint density at radius 3 is 1.93 bits per heavy atom. The number of halogens is 3. The van der Waals surface area contributed by atoms with E-state index < -0.39 is 11.7 Å². The van der Waals surface area contributed by atoms with Gasteiger partial charge in [0, 0.05) is 13.1 Å². The summed E-state index contributed by atoms with van der Waals surface area (Å²) in [6.07, 6.45) is -4.70. The molecule has 4 rings (SSSR count). The van der Waals surface area contributed by atoms with Gasteiger partial charge in [0.15, 0.2) is 0 Å². The summed E-state index contributed by atoms with van der Waals surface area (Å²) in [5.74, 6) is -0.0938. The molecule has 0 spiro atoms. The number of alkyl halides is 3. The minimum absolute atomic E-state index is 0.0531. The van der Waals surface area contributed by atoms with Crippen molar-refractivity contribution in [2.24, 2.45) is 0 Å². The summed E-state index contributed by atoms with van der Waals surface area (Å²) in [6, 6.07) is 24.5. The van der Waals surface area contributed by atoms with Gasteiger partial charge in [0.1, 0.15) is 11.9 Å². The monoisotopic (exact) mass is 397 g/mol. The Labute approximate surface area is 168 Å². The largest absolute Gasteiger partial charge is 0.487 e. The molecule has 0 aliphatic carbocycles. The van der Waals surface area contributed by atoms with Crippen LogP contribution in [0.15, 0.2) is 78.9 Å². The third-order valence-electron chi connectivity index (χ3n) is 5.21. The normalized spacial score (nSPS) is 15.3. The Kier molecular flexibility index (Phi) is 5.33. The van der Waals surface area contributed by atoms with Gasteiger partial charge in [-0.25, -0.2) is 0 Å². The lowest BCUT2D eigenvalue weighted by molar-refractivity contribution is -0.140. The summed E-state index contributed by atoms with van der Waals surface area (Å²) in [6.45, 7) is 2.79. The summed E-state index contributed by atoms with van der Waals surface area (Å²) < 4.78 is 45.8. The van der Waals surface area contributed by atoms with Gasteiger partial charge in [-0.15, -0.1) is 0 Å². The van der Waals surface area contributed by atoms with Crippen LogP contribution in [-0.2, 0) is 6.18 Å². The predicted molar refractivity (Wildman–Crippen MR) is 107 cm³/mol. The highest BCUT2D eigenvalue weighted by atomic mass is 19.4. The van der Waals surface area contributed by atoms with E-state index in [2.05, 4.69) is 29.2 Å². The molecule has 1 aliphatic rings. The average Bonchev–Trinajstić information content (AvgIpc) is 2.68. The van der Waals surface area contributed by atoms with Crippen molar-refractivity contribution < 1.29 is 17.9 Å². The average molecular weight is 397 g/mol. The van der Waals surface area contributed by atoms with Crippen molar-refractivity contribution in [3.8, 4) is 5.75 Å². The molecule has 1 heterocycles. The first kappa shape index (κ1) is 19.5. The summed E-state index contributed by atoms with van der Waals surface area (Å²) >= 11 is 0. The van der Waals surface area contributed by atoms with Crippen molar-refractivity contribution in [1.82, 2.24) is 4.90 Å². The zero-order valence-corrected chi connectivity index (χ0v) is 16.1. The number of ether oxygens (including phenoxy) is 1. The maximum absolute atomic E-state index is 13.4. The molecule has 0 radical (unpaired) electrons. The molecule has 150 valence electrons. The first-order valence-corrected chi connectivity index (χ1v) is 9.60. The molecule has 0 aromatic heterocycles. The Morgan fingerprint density at radius 2 is 1.41 bits per heavy atom. The number of aryl methyl sites for hydroxylation is 1. The summed E-state index contributed by atoms with van der Waals surface area (Å²) in [4.78, 5) is 2.23. The van der Waals surface area contributed by atoms with Gasteiger partial charge in [-0.3, -0.25) is 4.90 Å². The van der Waals surface area contributed by atoms with Crippen molar-refractivity contribution >= 4 is 0 Å². The highest BCUT2D eigenvalue weighted by molar-refractivity contribution is 5.39. The van der Waals surface area contributed by atoms with Crippen molar-refractivity contribution in [3.05, 3.63) is 101 Å². The highest BCUT2D eigenvalue weighted by Gasteiger charge is 2.39. The molecule has 0 amide bonds. The van der Waals surface area contributed by atoms with Crippen LogP contribution < -0.4 is 4.74 Å². The molecule has 0 unspecified atom stereocenters. The third-order valence-corrected chi connectivity index (χ3v) is 5.21. The third kappa shape index (κ3) is 4.30. The number of likely N-dealkylation sites (tertiary alicyclic amines) is 1. The molecule has 0 N–H and O–H groups in total. The first-order valence-electron chi connectivity index (χ1n) is 9.60. The number of rotatable bonds is 5. The SMILES string of the molecule is Cc1ccc(OC2CN(C(c3ccccc3)c3ccccc3)C2)c(C(F)(F)F)c1. The molecule has 0 bridgehead atoms. The van der Waals surface area contributed by atoms with Gasteiger partial charge in [-0.2, -0.15) is 13.2 Å². The van der Waals surface area contributed by atoms with E-state index in [4.69, 9.17) is 4.74 Å². The first-order chi connectivity index (χ1) is 13.9. The molecule has 2 nitrogen and oxygen atoms in total. The second kappa shape index (κ2) is 7.91. The van der Waals surface area contributed by atoms with Gasteiger partial charge in [-0.1, -0.05) is 72.3 Å². The van der Waals surface area contributed by atoms with Gasteiger partial charge >= 0.3 is 6.18 Å². The smallest absolute Gasteiger partial charge is 0.419 e. The molecular weight excluding hydrogens is 375 g/mol. The Balaban J connectivity index is 1.51. The van der Waals surface area contributed by atoms with Crippen LogP contribution in [0.4, 0.5) is 13.2 Å². The van der Waals surface area contributed by atoms with Gasteiger partial charge in [0.2, 0.25) is 0 Å². The number of nitrogens with zero attached hydrogens (tertiary/aromatic N) is 1. The van der Waals surface area contributed by atoms with Crippen LogP contribution in [0.25, 0.3) is 0 Å². The van der Waals surface area contributed by atoms with E-state index in [0.29, 0.717) is 18.7 Å². The zero-order chi connectivity index (χ0) is 20.4. The quantitative estimate of drug-likeness (QED) is 0.534. The molecule has 1 fully saturated rings. The standard InChI is InChI=1S/C24H22F3NO/c1-17-12-13-22(21(14-17)24(25,26)27)29-20-15-28(16-20)23(18-8-4-2-5-9-18)19-10-6-3-7-11-19/h2-14,20,23H,15-16H2,1H3. The van der Waals surface area contributed by atoms with Crippen LogP contribution >= 0.6 is 0 Å². The molecular formula is C24H22F3NO. The van der Waals surface area contributed by atoms with Crippen molar-refractivity contribution in [2.75, 3.05) is 13.1 Å². The summed E-state index contributed by atoms with van der Waals surface area (Å²) in [7, 11) is 0. The van der Waals surface area contributed by atoms with Crippen molar-refractivity contribution in [1.29, 1.82) is 0 Å². The lowest BCUT2D eigenvalue weighted by atomic mass is 9.94. The van der Waals surface area contributed by atoms with Gasteiger partial charge in [-0.05, 0) is 30.2 Å². The van der Waals surface area contributed by atoms with E-state index in [1.165, 1.54) is 6.07 Å². The lowest BCUT2D eigenvalue weighted by Gasteiger charge is -2.44. The fraction of sp³-hybridized carbons (Fsp3) is 0.250. The van der Waals surface area contributed by atoms with Crippen LogP contribution in [0, 0.1) is 6.92 Å². The zero-order valence-electron chi connectivity index (χ0n) is 16.1. The minimum atomic E-state index is -4.43. The Hall–Kier alpha value is -2.79. The Morgan fingerprint density at radius 1 is 0.862 bits per heavy atom. The number of hydrogen-bond donors (Lipinski definition) is 0. The summed E-state index contributed by atoms with van der Waals surface area (Å²) in [5, 5.41) is 0. The van der Waals surface area contributed by atoms with Gasteiger partial charge in [0.25, 0.3) is 0 Å². The van der Waals surface area contributed by atoms with Crippen LogP contribution in [0.5, 0.6) is 5.75 Å². The minimum Gasteiger partial charge on any atom is -0.487 e. The van der Waals surface area contributed by atoms with Crippen LogP contribution in [-0.4, -0.2) is 24.1 Å². The van der Waals surface area contributed by atoms with Gasteiger partial charge in [0.05, 0.1) is 11.6 Å². The van der Waals surface area contributed by atoms with E-state index >= 15 is 0 Å². The van der Waals surface area contributed by atoms with Crippen LogP contribution in [0.3, 0.4) is 0 Å². The Bertz CT molecular complexity index is 911. The van der Waals surface area contributed by atoms with E-state index in [1.807, 2.05) is 36.4 Å². The molecule has 1 aliphatic heterocycles. The van der Waals surface area contributed by atoms with Crippen molar-refractivity contribution in [2.45, 2.75) is 25.2 Å². The molecule has 5 heteroatoms. The second-order valence-electron chi connectivity index (χ2n) is 7.42. The highest BCUT2D eigenvalue weighted by Crippen LogP contribution is 2.39. The fourth-order valence-electron chi connectivity index (χ4n) is 3.79. The van der Waals surface area contributed by atoms with Gasteiger partial charge < -0.3 is 4.74 Å². The van der Waals surface area contributed by atoms with E-state index in [0.717, 1.165) is 17.2 Å². The fourth-order valence-corrected chi connectivity index (χ4v) is 3.79. The lowest BCUT2D eigenvalue weighted by Crippen LogP contribution is -2.55. The molecule has 3 aromatic carbocycles. The van der Waals surface area contributed by atoms with E-state index in [1.54, 1.807) is 13.0 Å². The second-order valence-corrected chi connectivity index (χ2v) is 7.42. The number of hydrogen-bond acceptors (Lipinski definition) is 2. The van der Waals surface area contributed by atoms with E-state index in [9.17, 15) is 13.2 Å². The molecule has 29 heavy (non-hydrogen) atoms. The molecule has 0 atom stereocenters. The molecule has 3 aromatic rings. The predicted octanol–water partition coefficient (Wildman–Crippen LogP) is 5.87. The van der Waals surface area contributed by atoms with Crippen LogP contribution in [0.1, 0.15) is 28.3 Å². The number of benzene rings is 3. The van der Waals surface area contributed by atoms with Crippen molar-refractivity contribution in [3.63, 3.8) is 0 Å². The molecule has 0 saturated carbocycles. The maximum atomic E-state index is 13.4. The summed E-state index contributed by atoms with van der Waals surface area (Å²) in [5.41, 5.74) is 2.17. The van der Waals surface area contributed by atoms with Crippen LogP contribution in [0.2, 0.25) is 0 Å². The maximum Gasteiger partial charge on any atom is 0.419 e. The molecule has 1 saturated heterocycles.